The van der Waals surface area contributed by atoms with Crippen molar-refractivity contribution in [1.29, 1.82) is 0 Å². The van der Waals surface area contributed by atoms with Gasteiger partial charge in [0.2, 0.25) is 5.91 Å². The lowest BCUT2D eigenvalue weighted by molar-refractivity contribution is -0.124. The summed E-state index contributed by atoms with van der Waals surface area (Å²) in [7, 11) is 3.15. The van der Waals surface area contributed by atoms with Crippen LogP contribution in [0.1, 0.15) is 12.0 Å². The normalized spacial score (nSPS) is 15.3. The van der Waals surface area contributed by atoms with E-state index in [1.54, 1.807) is 43.4 Å². The number of rotatable bonds is 8. The number of thiocarbonyl (C=S) groups is 1. The van der Waals surface area contributed by atoms with Crippen molar-refractivity contribution in [1.82, 2.24) is 4.90 Å². The van der Waals surface area contributed by atoms with Crippen LogP contribution < -0.4 is 19.7 Å². The Morgan fingerprint density at radius 2 is 1.51 bits per heavy atom. The fourth-order valence-corrected chi connectivity index (χ4v) is 4.22. The SMILES string of the molecule is COc1ccc(CN2C(=S)N(c3ccc(OC)cc3)C(=O)[C@H]2CC(=O)Nc2ccc(F)cc2)cc1. The number of carbonyl (C=O) groups is 2. The third-order valence-electron chi connectivity index (χ3n) is 5.67. The zero-order valence-corrected chi connectivity index (χ0v) is 20.0. The minimum absolute atomic E-state index is 0.126. The fourth-order valence-electron chi connectivity index (χ4n) is 3.83. The van der Waals surface area contributed by atoms with Gasteiger partial charge in [0.05, 0.1) is 26.3 Å². The number of benzene rings is 3. The van der Waals surface area contributed by atoms with Crippen molar-refractivity contribution in [2.24, 2.45) is 0 Å². The van der Waals surface area contributed by atoms with Gasteiger partial charge in [0.25, 0.3) is 5.91 Å². The van der Waals surface area contributed by atoms with Crippen molar-refractivity contribution >= 4 is 40.5 Å². The van der Waals surface area contributed by atoms with Gasteiger partial charge in [-0.1, -0.05) is 12.1 Å². The summed E-state index contributed by atoms with van der Waals surface area (Å²) in [5, 5.41) is 3.02. The van der Waals surface area contributed by atoms with Crippen LogP contribution >= 0.6 is 12.2 Å². The molecule has 9 heteroatoms. The second kappa shape index (κ2) is 10.5. The molecule has 1 atom stereocenters. The standard InChI is InChI=1S/C26H24FN3O4S/c1-33-21-11-3-17(4-12-21)16-29-23(15-24(31)28-19-7-5-18(27)6-8-19)25(32)30(26(29)35)20-9-13-22(34-2)14-10-20/h3-14,23H,15-16H2,1-2H3,(H,28,31)/t23-/m1/s1. The number of methoxy groups -OCH3 is 2. The third kappa shape index (κ3) is 5.41. The molecule has 1 aliphatic heterocycles. The van der Waals surface area contributed by atoms with E-state index in [1.807, 2.05) is 24.3 Å². The van der Waals surface area contributed by atoms with Gasteiger partial charge in [0, 0.05) is 12.2 Å². The molecule has 1 saturated heterocycles. The molecule has 180 valence electrons. The van der Waals surface area contributed by atoms with E-state index < -0.39 is 11.9 Å². The van der Waals surface area contributed by atoms with Crippen molar-refractivity contribution in [3.8, 4) is 11.5 Å². The molecule has 1 fully saturated rings. The Balaban J connectivity index is 1.59. The van der Waals surface area contributed by atoms with Gasteiger partial charge in [0.1, 0.15) is 23.4 Å². The highest BCUT2D eigenvalue weighted by molar-refractivity contribution is 7.80. The summed E-state index contributed by atoms with van der Waals surface area (Å²) in [6.07, 6.45) is -0.126. The molecular weight excluding hydrogens is 469 g/mol. The van der Waals surface area contributed by atoms with Crippen LogP contribution in [0.15, 0.2) is 72.8 Å². The molecule has 4 rings (SSSR count). The second-order valence-corrected chi connectivity index (χ2v) is 8.27. The Kier molecular flexibility index (Phi) is 7.26. The summed E-state index contributed by atoms with van der Waals surface area (Å²) in [4.78, 5) is 29.5. The van der Waals surface area contributed by atoms with Crippen molar-refractivity contribution in [2.75, 3.05) is 24.4 Å². The van der Waals surface area contributed by atoms with Crippen LogP contribution in [0.3, 0.4) is 0 Å². The maximum absolute atomic E-state index is 13.5. The third-order valence-corrected chi connectivity index (χ3v) is 6.09. The van der Waals surface area contributed by atoms with Crippen LogP contribution in [0.25, 0.3) is 0 Å². The van der Waals surface area contributed by atoms with Gasteiger partial charge in [-0.05, 0) is 78.4 Å². The molecule has 0 aromatic heterocycles. The number of hydrogen-bond acceptors (Lipinski definition) is 5. The van der Waals surface area contributed by atoms with Crippen LogP contribution in [0, 0.1) is 5.82 Å². The van der Waals surface area contributed by atoms with Gasteiger partial charge >= 0.3 is 0 Å². The van der Waals surface area contributed by atoms with Gasteiger partial charge in [-0.25, -0.2) is 4.39 Å². The first-order valence-corrected chi connectivity index (χ1v) is 11.3. The predicted molar refractivity (Wildman–Crippen MR) is 135 cm³/mol. The number of carbonyl (C=O) groups excluding carboxylic acids is 2. The van der Waals surface area contributed by atoms with Crippen molar-refractivity contribution < 1.29 is 23.5 Å². The Morgan fingerprint density at radius 1 is 0.943 bits per heavy atom. The van der Waals surface area contributed by atoms with Crippen LogP contribution in [0.2, 0.25) is 0 Å². The summed E-state index contributed by atoms with van der Waals surface area (Å²) < 4.78 is 23.6. The number of anilines is 2. The van der Waals surface area contributed by atoms with Crippen molar-refractivity contribution in [3.63, 3.8) is 0 Å². The topological polar surface area (TPSA) is 71.1 Å². The number of hydrogen-bond donors (Lipinski definition) is 1. The fraction of sp³-hybridized carbons (Fsp3) is 0.192. The number of halogens is 1. The van der Waals surface area contributed by atoms with Gasteiger partial charge in [-0.2, -0.15) is 0 Å². The van der Waals surface area contributed by atoms with Gasteiger partial charge in [0.15, 0.2) is 5.11 Å². The van der Waals surface area contributed by atoms with Gasteiger partial charge in [-0.3, -0.25) is 14.5 Å². The zero-order chi connectivity index (χ0) is 24.9. The maximum Gasteiger partial charge on any atom is 0.256 e. The zero-order valence-electron chi connectivity index (χ0n) is 19.2. The average molecular weight is 494 g/mol. The number of amides is 2. The highest BCUT2D eigenvalue weighted by Crippen LogP contribution is 2.30. The van der Waals surface area contributed by atoms with Gasteiger partial charge < -0.3 is 19.7 Å². The van der Waals surface area contributed by atoms with E-state index in [-0.39, 0.29) is 18.2 Å². The average Bonchev–Trinajstić information content (AvgIpc) is 3.09. The second-order valence-electron chi connectivity index (χ2n) is 7.91. The molecule has 0 radical (unpaired) electrons. The highest BCUT2D eigenvalue weighted by Gasteiger charge is 2.44. The predicted octanol–water partition coefficient (Wildman–Crippen LogP) is 4.37. The van der Waals surface area contributed by atoms with E-state index in [2.05, 4.69) is 5.32 Å². The smallest absolute Gasteiger partial charge is 0.256 e. The van der Waals surface area contributed by atoms with Crippen LogP contribution in [0.5, 0.6) is 11.5 Å². The van der Waals surface area contributed by atoms with Crippen molar-refractivity contribution in [3.05, 3.63) is 84.2 Å². The Hall–Kier alpha value is -3.98. The monoisotopic (exact) mass is 493 g/mol. The Morgan fingerprint density at radius 3 is 2.09 bits per heavy atom. The summed E-state index contributed by atoms with van der Waals surface area (Å²) in [5.74, 6) is 0.276. The number of ether oxygens (including phenoxy) is 2. The molecule has 3 aromatic rings. The lowest BCUT2D eigenvalue weighted by Crippen LogP contribution is -2.37. The quantitative estimate of drug-likeness (QED) is 0.470. The summed E-state index contributed by atoms with van der Waals surface area (Å²) >= 11 is 5.71. The summed E-state index contributed by atoms with van der Waals surface area (Å²) in [5.41, 5.74) is 1.93. The molecule has 2 amide bonds. The highest BCUT2D eigenvalue weighted by atomic mass is 32.1. The van der Waals surface area contributed by atoms with Crippen LogP contribution in [0.4, 0.5) is 15.8 Å². The molecule has 35 heavy (non-hydrogen) atoms. The summed E-state index contributed by atoms with van der Waals surface area (Å²) in [6.45, 7) is 0.329. The Labute approximate surface area is 208 Å². The maximum atomic E-state index is 13.5. The first-order chi connectivity index (χ1) is 16.9. The Bertz CT molecular complexity index is 1220. The molecular formula is C26H24FN3O4S. The molecule has 7 nitrogen and oxygen atoms in total. The molecule has 0 aliphatic carbocycles. The minimum atomic E-state index is -0.813. The van der Waals surface area contributed by atoms with E-state index >= 15 is 0 Å². The van der Waals surface area contributed by atoms with Crippen molar-refractivity contribution in [2.45, 2.75) is 19.0 Å². The van der Waals surface area contributed by atoms with E-state index in [9.17, 15) is 14.0 Å². The van der Waals surface area contributed by atoms with Crippen LogP contribution in [-0.2, 0) is 16.1 Å². The number of nitrogens with one attached hydrogen (secondary N) is 1. The molecule has 0 saturated carbocycles. The van der Waals surface area contributed by atoms with Crippen LogP contribution in [-0.4, -0.2) is 42.1 Å². The lowest BCUT2D eigenvalue weighted by atomic mass is 10.1. The molecule has 0 unspecified atom stereocenters. The first kappa shape index (κ1) is 24.2. The first-order valence-electron chi connectivity index (χ1n) is 10.9. The van der Waals surface area contributed by atoms with Gasteiger partial charge in [-0.15, -0.1) is 0 Å². The molecule has 1 N–H and O–H groups in total. The molecule has 1 aliphatic rings. The number of nitrogens with zero attached hydrogens (tertiary/aromatic N) is 2. The van der Waals surface area contributed by atoms with E-state index in [1.165, 1.54) is 29.2 Å². The lowest BCUT2D eigenvalue weighted by Gasteiger charge is -2.24. The summed E-state index contributed by atoms with van der Waals surface area (Å²) in [6, 6.07) is 19.0. The minimum Gasteiger partial charge on any atom is -0.497 e. The van der Waals surface area contributed by atoms with E-state index in [0.29, 0.717) is 34.5 Å². The molecule has 3 aromatic carbocycles. The molecule has 0 bridgehead atoms. The van der Waals surface area contributed by atoms with E-state index in [0.717, 1.165) is 5.56 Å². The largest absolute Gasteiger partial charge is 0.497 e. The van der Waals surface area contributed by atoms with E-state index in [4.69, 9.17) is 21.7 Å². The molecule has 0 spiro atoms. The molecule has 1 heterocycles.